The van der Waals surface area contributed by atoms with Gasteiger partial charge in [-0.15, -0.1) is 0 Å². The number of benzene rings is 2. The van der Waals surface area contributed by atoms with E-state index in [4.69, 9.17) is 9.47 Å². The fourth-order valence-electron chi connectivity index (χ4n) is 2.38. The number of aliphatic hydroxyl groups excluding tert-OH is 2. The van der Waals surface area contributed by atoms with Gasteiger partial charge in [0.1, 0.15) is 5.82 Å². The van der Waals surface area contributed by atoms with E-state index in [0.717, 1.165) is 0 Å². The molecule has 0 fully saturated rings. The SMILES string of the molecule is CC(NC(=O)C=Cc1cccc(F)c1)c1ccc2c(c1)OC(O)=C(O)O2. The van der Waals surface area contributed by atoms with Gasteiger partial charge in [-0.3, -0.25) is 4.79 Å². The number of fused-ring (bicyclic) bond motifs is 1. The average Bonchev–Trinajstić information content (AvgIpc) is 2.60. The third kappa shape index (κ3) is 3.94. The smallest absolute Gasteiger partial charge is 0.367 e. The predicted octanol–water partition coefficient (Wildman–Crippen LogP) is 3.73. The molecule has 0 saturated carbocycles. The molecule has 2 aromatic carbocycles. The Morgan fingerprint density at radius 3 is 2.58 bits per heavy atom. The molecule has 3 rings (SSSR count). The Morgan fingerprint density at radius 2 is 1.85 bits per heavy atom. The van der Waals surface area contributed by atoms with Gasteiger partial charge in [0, 0.05) is 6.08 Å². The number of carbonyl (C=O) groups excluding carboxylic acids is 1. The molecule has 0 saturated heterocycles. The monoisotopic (exact) mass is 357 g/mol. The largest absolute Gasteiger partial charge is 0.476 e. The molecule has 7 heteroatoms. The number of carbonyl (C=O) groups is 1. The van der Waals surface area contributed by atoms with Gasteiger partial charge in [-0.05, 0) is 48.4 Å². The van der Waals surface area contributed by atoms with Crippen LogP contribution >= 0.6 is 0 Å². The van der Waals surface area contributed by atoms with Crippen LogP contribution in [0.4, 0.5) is 4.39 Å². The van der Waals surface area contributed by atoms with Crippen LogP contribution in [-0.2, 0) is 4.79 Å². The number of aliphatic hydroxyl groups is 2. The van der Waals surface area contributed by atoms with E-state index in [-0.39, 0.29) is 29.3 Å². The Bertz CT molecular complexity index is 907. The second kappa shape index (κ2) is 7.18. The van der Waals surface area contributed by atoms with Crippen LogP contribution in [-0.4, -0.2) is 16.1 Å². The molecule has 1 heterocycles. The van der Waals surface area contributed by atoms with Crippen molar-refractivity contribution in [1.82, 2.24) is 5.32 Å². The number of rotatable bonds is 4. The molecule has 3 N–H and O–H groups in total. The molecule has 0 spiro atoms. The van der Waals surface area contributed by atoms with Gasteiger partial charge >= 0.3 is 11.9 Å². The normalized spacial score (nSPS) is 14.4. The van der Waals surface area contributed by atoms with Crippen molar-refractivity contribution in [1.29, 1.82) is 0 Å². The number of nitrogens with one attached hydrogen (secondary N) is 1. The number of hydrogen-bond acceptors (Lipinski definition) is 5. The van der Waals surface area contributed by atoms with E-state index in [1.807, 2.05) is 0 Å². The summed E-state index contributed by atoms with van der Waals surface area (Å²) in [6, 6.07) is 10.4. The fourth-order valence-corrected chi connectivity index (χ4v) is 2.38. The van der Waals surface area contributed by atoms with Crippen LogP contribution in [0.5, 0.6) is 11.5 Å². The van der Waals surface area contributed by atoms with Crippen molar-refractivity contribution in [3.8, 4) is 11.5 Å². The first-order valence-corrected chi connectivity index (χ1v) is 7.78. The third-order valence-electron chi connectivity index (χ3n) is 3.70. The van der Waals surface area contributed by atoms with E-state index in [2.05, 4.69) is 5.32 Å². The maximum absolute atomic E-state index is 13.1. The van der Waals surface area contributed by atoms with Crippen LogP contribution in [0.1, 0.15) is 24.1 Å². The Hall–Kier alpha value is -3.48. The lowest BCUT2D eigenvalue weighted by Gasteiger charge is -2.19. The van der Waals surface area contributed by atoms with Crippen LogP contribution in [0.25, 0.3) is 6.08 Å². The van der Waals surface area contributed by atoms with Crippen molar-refractivity contribution in [2.45, 2.75) is 13.0 Å². The van der Waals surface area contributed by atoms with Crippen LogP contribution in [0.2, 0.25) is 0 Å². The highest BCUT2D eigenvalue weighted by Gasteiger charge is 2.22. The van der Waals surface area contributed by atoms with Crippen molar-refractivity contribution < 1.29 is 28.9 Å². The molecule has 1 atom stereocenters. The zero-order valence-electron chi connectivity index (χ0n) is 13.8. The van der Waals surface area contributed by atoms with E-state index in [1.165, 1.54) is 24.3 Å². The molecule has 0 radical (unpaired) electrons. The molecule has 1 amide bonds. The second-order valence-electron chi connectivity index (χ2n) is 5.64. The summed E-state index contributed by atoms with van der Waals surface area (Å²) in [5.41, 5.74) is 1.28. The highest BCUT2D eigenvalue weighted by Crippen LogP contribution is 2.35. The van der Waals surface area contributed by atoms with E-state index < -0.39 is 11.9 Å². The van der Waals surface area contributed by atoms with E-state index in [0.29, 0.717) is 11.1 Å². The standard InChI is InChI=1S/C19H16FNO5/c1-11(21-17(22)8-5-12-3-2-4-14(20)9-12)13-6-7-15-16(10-13)26-19(24)18(23)25-15/h2-11,23-24H,1H3,(H,21,22). The first kappa shape index (κ1) is 17.3. The van der Waals surface area contributed by atoms with Gasteiger partial charge in [-0.1, -0.05) is 18.2 Å². The van der Waals surface area contributed by atoms with Gasteiger partial charge in [0.05, 0.1) is 6.04 Å². The summed E-state index contributed by atoms with van der Waals surface area (Å²) < 4.78 is 23.2. The molecule has 0 aliphatic carbocycles. The summed E-state index contributed by atoms with van der Waals surface area (Å²) in [5, 5.41) is 21.4. The minimum absolute atomic E-state index is 0.217. The molecule has 6 nitrogen and oxygen atoms in total. The summed E-state index contributed by atoms with van der Waals surface area (Å²) >= 11 is 0. The molecular weight excluding hydrogens is 341 g/mol. The van der Waals surface area contributed by atoms with Crippen LogP contribution in [0.15, 0.2) is 60.4 Å². The summed E-state index contributed by atoms with van der Waals surface area (Å²) in [7, 11) is 0. The maximum atomic E-state index is 13.1. The van der Waals surface area contributed by atoms with Gasteiger partial charge < -0.3 is 25.0 Å². The Kier molecular flexibility index (Phi) is 4.79. The minimum Gasteiger partial charge on any atom is -0.476 e. The Labute approximate surface area is 148 Å². The van der Waals surface area contributed by atoms with Crippen LogP contribution in [0.3, 0.4) is 0 Å². The minimum atomic E-state index is -0.732. The molecule has 134 valence electrons. The lowest BCUT2D eigenvalue weighted by molar-refractivity contribution is -0.117. The lowest BCUT2D eigenvalue weighted by atomic mass is 10.1. The van der Waals surface area contributed by atoms with E-state index in [1.54, 1.807) is 37.3 Å². The number of halogens is 1. The van der Waals surface area contributed by atoms with Crippen molar-refractivity contribution in [2.75, 3.05) is 0 Å². The van der Waals surface area contributed by atoms with Crippen LogP contribution < -0.4 is 14.8 Å². The molecule has 0 aromatic heterocycles. The topological polar surface area (TPSA) is 88.0 Å². The zero-order chi connectivity index (χ0) is 18.7. The highest BCUT2D eigenvalue weighted by atomic mass is 19.1. The Balaban J connectivity index is 1.66. The summed E-state index contributed by atoms with van der Waals surface area (Å²) in [6.07, 6.45) is 2.83. The quantitative estimate of drug-likeness (QED) is 0.726. The lowest BCUT2D eigenvalue weighted by Crippen LogP contribution is -2.24. The second-order valence-corrected chi connectivity index (χ2v) is 5.64. The average molecular weight is 357 g/mol. The van der Waals surface area contributed by atoms with Gasteiger partial charge in [0.2, 0.25) is 5.91 Å². The predicted molar refractivity (Wildman–Crippen MR) is 92.0 cm³/mol. The molecule has 1 aliphatic rings. The van der Waals surface area contributed by atoms with Crippen LogP contribution in [0, 0.1) is 5.82 Å². The van der Waals surface area contributed by atoms with E-state index in [9.17, 15) is 19.4 Å². The first-order valence-electron chi connectivity index (χ1n) is 7.78. The van der Waals surface area contributed by atoms with Crippen molar-refractivity contribution in [3.63, 3.8) is 0 Å². The number of amides is 1. The summed E-state index contributed by atoms with van der Waals surface area (Å²) in [5.74, 6) is -1.71. The molecular formula is C19H16FNO5. The molecule has 26 heavy (non-hydrogen) atoms. The number of ether oxygens (including phenoxy) is 2. The van der Waals surface area contributed by atoms with E-state index >= 15 is 0 Å². The maximum Gasteiger partial charge on any atom is 0.367 e. The zero-order valence-corrected chi connectivity index (χ0v) is 13.8. The van der Waals surface area contributed by atoms with Crippen molar-refractivity contribution >= 4 is 12.0 Å². The first-order chi connectivity index (χ1) is 12.4. The molecule has 0 bridgehead atoms. The summed E-state index contributed by atoms with van der Waals surface area (Å²) in [6.45, 7) is 1.77. The highest BCUT2D eigenvalue weighted by molar-refractivity contribution is 5.91. The van der Waals surface area contributed by atoms with Crippen molar-refractivity contribution in [3.05, 3.63) is 77.4 Å². The number of hydrogen-bond donors (Lipinski definition) is 3. The van der Waals surface area contributed by atoms with Gasteiger partial charge in [-0.2, -0.15) is 0 Å². The summed E-state index contributed by atoms with van der Waals surface area (Å²) in [4.78, 5) is 12.0. The third-order valence-corrected chi connectivity index (χ3v) is 3.70. The van der Waals surface area contributed by atoms with Gasteiger partial charge in [0.15, 0.2) is 11.5 Å². The van der Waals surface area contributed by atoms with Gasteiger partial charge in [0.25, 0.3) is 0 Å². The molecule has 1 unspecified atom stereocenters. The van der Waals surface area contributed by atoms with Crippen molar-refractivity contribution in [2.24, 2.45) is 0 Å². The fraction of sp³-hybridized carbons (Fsp3) is 0.105. The molecule has 1 aliphatic heterocycles. The Morgan fingerprint density at radius 1 is 1.12 bits per heavy atom. The van der Waals surface area contributed by atoms with Gasteiger partial charge in [-0.25, -0.2) is 4.39 Å². The molecule has 2 aromatic rings.